The number of carbonyl (C=O) groups excluding carboxylic acids is 1. The molecule has 0 unspecified atom stereocenters. The van der Waals surface area contributed by atoms with Gasteiger partial charge in [0, 0.05) is 33.2 Å². The van der Waals surface area contributed by atoms with Crippen molar-refractivity contribution in [1.29, 1.82) is 0 Å². The molecule has 0 amide bonds. The first kappa shape index (κ1) is 29.7. The highest BCUT2D eigenvalue weighted by atomic mass is 16.7. The molecule has 0 saturated carbocycles. The summed E-state index contributed by atoms with van der Waals surface area (Å²) < 4.78 is 29.3. The number of rotatable bonds is 4. The van der Waals surface area contributed by atoms with Gasteiger partial charge in [-0.15, -0.1) is 0 Å². The SMILES string of the molecule is CO[C@H]1C=C[C@@H](C)[C@H]2O[C@@](O)([C@@H](C)C(=O)O[C@@H](c3ccccc3)CCCC[C@H]1OC)[C@@H](OC)[C@H](O)[C@H]2C. The van der Waals surface area contributed by atoms with E-state index in [2.05, 4.69) is 0 Å². The van der Waals surface area contributed by atoms with E-state index in [9.17, 15) is 15.0 Å². The van der Waals surface area contributed by atoms with E-state index in [0.717, 1.165) is 24.8 Å². The zero-order valence-electron chi connectivity index (χ0n) is 22.9. The third-order valence-corrected chi connectivity index (χ3v) is 8.03. The van der Waals surface area contributed by atoms with Gasteiger partial charge in [0.15, 0.2) is 0 Å². The third kappa shape index (κ3) is 6.61. The third-order valence-electron chi connectivity index (χ3n) is 8.03. The van der Waals surface area contributed by atoms with Gasteiger partial charge >= 0.3 is 5.97 Å². The Morgan fingerprint density at radius 3 is 2.24 bits per heavy atom. The molecule has 8 nitrogen and oxygen atoms in total. The quantitative estimate of drug-likeness (QED) is 0.456. The maximum absolute atomic E-state index is 13.5. The van der Waals surface area contributed by atoms with Crippen molar-refractivity contribution in [3.8, 4) is 0 Å². The maximum Gasteiger partial charge on any atom is 0.314 e. The summed E-state index contributed by atoms with van der Waals surface area (Å²) in [5.41, 5.74) is 0.880. The molecular weight excluding hydrogens is 476 g/mol. The molecule has 37 heavy (non-hydrogen) atoms. The first-order valence-electron chi connectivity index (χ1n) is 13.3. The number of carbonyl (C=O) groups is 1. The first-order valence-corrected chi connectivity index (χ1v) is 13.3. The van der Waals surface area contributed by atoms with Crippen LogP contribution in [0.25, 0.3) is 0 Å². The molecule has 2 aliphatic rings. The number of esters is 1. The molecule has 2 bridgehead atoms. The molecule has 2 aliphatic heterocycles. The second kappa shape index (κ2) is 13.3. The van der Waals surface area contributed by atoms with Crippen LogP contribution in [-0.2, 0) is 28.5 Å². The lowest BCUT2D eigenvalue weighted by atomic mass is 9.78. The van der Waals surface area contributed by atoms with Crippen LogP contribution in [0.3, 0.4) is 0 Å². The van der Waals surface area contributed by atoms with Crippen molar-refractivity contribution in [3.05, 3.63) is 48.0 Å². The van der Waals surface area contributed by atoms with Crippen molar-refractivity contribution in [2.75, 3.05) is 21.3 Å². The highest BCUT2D eigenvalue weighted by Gasteiger charge is 2.58. The van der Waals surface area contributed by atoms with Crippen molar-refractivity contribution in [1.82, 2.24) is 0 Å². The molecule has 10 atom stereocenters. The summed E-state index contributed by atoms with van der Waals surface area (Å²) in [5, 5.41) is 22.9. The first-order chi connectivity index (χ1) is 17.7. The Morgan fingerprint density at radius 1 is 0.946 bits per heavy atom. The Balaban J connectivity index is 2.01. The van der Waals surface area contributed by atoms with E-state index in [1.807, 2.05) is 56.3 Å². The molecule has 0 aliphatic carbocycles. The second-order valence-electron chi connectivity index (χ2n) is 10.4. The van der Waals surface area contributed by atoms with Gasteiger partial charge in [0.1, 0.15) is 24.2 Å². The van der Waals surface area contributed by atoms with E-state index in [1.54, 1.807) is 21.1 Å². The molecule has 0 radical (unpaired) electrons. The molecule has 0 aromatic heterocycles. The largest absolute Gasteiger partial charge is 0.457 e. The van der Waals surface area contributed by atoms with E-state index >= 15 is 0 Å². The number of methoxy groups -OCH3 is 3. The molecule has 1 aromatic rings. The molecular formula is C29H44O8. The smallest absolute Gasteiger partial charge is 0.314 e. The van der Waals surface area contributed by atoms with Gasteiger partial charge in [-0.05, 0) is 31.7 Å². The van der Waals surface area contributed by atoms with Crippen LogP contribution in [0.5, 0.6) is 0 Å². The van der Waals surface area contributed by atoms with Gasteiger partial charge in [0.25, 0.3) is 0 Å². The van der Waals surface area contributed by atoms with Crippen LogP contribution in [-0.4, -0.2) is 73.8 Å². The van der Waals surface area contributed by atoms with E-state index < -0.39 is 42.1 Å². The van der Waals surface area contributed by atoms with E-state index in [1.165, 1.54) is 7.11 Å². The normalized spacial score (nSPS) is 40.2. The molecule has 2 N–H and O–H groups in total. The fraction of sp³-hybridized carbons (Fsp3) is 0.690. The molecule has 208 valence electrons. The summed E-state index contributed by atoms with van der Waals surface area (Å²) in [6.07, 6.45) is 3.29. The monoisotopic (exact) mass is 520 g/mol. The standard InChI is InChI=1S/C29H44O8/c1-18-16-17-24(34-5)23(33-4)15-11-10-14-22(21-12-8-7-9-13-21)36-28(31)20(3)29(32)27(35-6)25(30)19(2)26(18)37-29/h7-9,12-13,16-20,22-27,30,32H,10-11,14-15H2,1-6H3/t18-,19-,20+,22-,23-,24+,25-,26-,27+,29+/m1/s1. The Labute approximate surface area is 220 Å². The number of benzene rings is 1. The van der Waals surface area contributed by atoms with Crippen molar-refractivity contribution in [2.45, 2.75) is 88.9 Å². The fourth-order valence-electron chi connectivity index (χ4n) is 5.56. The predicted molar refractivity (Wildman–Crippen MR) is 139 cm³/mol. The Hall–Kier alpha value is -1.81. The average molecular weight is 521 g/mol. The van der Waals surface area contributed by atoms with E-state index in [-0.39, 0.29) is 24.0 Å². The molecule has 1 saturated heterocycles. The summed E-state index contributed by atoms with van der Waals surface area (Å²) in [6, 6.07) is 9.58. The summed E-state index contributed by atoms with van der Waals surface area (Å²) >= 11 is 0. The summed E-state index contributed by atoms with van der Waals surface area (Å²) in [7, 11) is 4.72. The average Bonchev–Trinajstić information content (AvgIpc) is 2.90. The topological polar surface area (TPSA) is 104 Å². The lowest BCUT2D eigenvalue weighted by Crippen LogP contribution is -2.66. The minimum atomic E-state index is -2.08. The van der Waals surface area contributed by atoms with Gasteiger partial charge in [0.05, 0.1) is 18.3 Å². The number of cyclic esters (lactones) is 1. The van der Waals surface area contributed by atoms with Crippen molar-refractivity contribution in [3.63, 3.8) is 0 Å². The van der Waals surface area contributed by atoms with Crippen molar-refractivity contribution >= 4 is 5.97 Å². The van der Waals surface area contributed by atoms with Gasteiger partial charge in [0.2, 0.25) is 5.79 Å². The predicted octanol–water partition coefficient (Wildman–Crippen LogP) is 3.80. The Kier molecular flexibility index (Phi) is 10.7. The zero-order valence-corrected chi connectivity index (χ0v) is 22.9. The fourth-order valence-corrected chi connectivity index (χ4v) is 5.56. The van der Waals surface area contributed by atoms with Crippen LogP contribution in [0.2, 0.25) is 0 Å². The van der Waals surface area contributed by atoms with Crippen LogP contribution in [0, 0.1) is 17.8 Å². The summed E-state index contributed by atoms with van der Waals surface area (Å²) in [5.74, 6) is -4.38. The summed E-state index contributed by atoms with van der Waals surface area (Å²) in [6.45, 7) is 5.36. The van der Waals surface area contributed by atoms with Gasteiger partial charge < -0.3 is 33.9 Å². The van der Waals surface area contributed by atoms with Gasteiger partial charge in [-0.1, -0.05) is 62.8 Å². The molecule has 1 fully saturated rings. The number of aliphatic hydroxyl groups excluding tert-OH is 1. The van der Waals surface area contributed by atoms with Crippen molar-refractivity contribution in [2.24, 2.45) is 17.8 Å². The minimum Gasteiger partial charge on any atom is -0.457 e. The number of hydrogen-bond donors (Lipinski definition) is 2. The Morgan fingerprint density at radius 2 is 1.62 bits per heavy atom. The lowest BCUT2D eigenvalue weighted by molar-refractivity contribution is -0.360. The molecule has 0 spiro atoms. The van der Waals surface area contributed by atoms with Crippen LogP contribution < -0.4 is 0 Å². The molecule has 1 aromatic carbocycles. The van der Waals surface area contributed by atoms with Gasteiger partial charge in [-0.3, -0.25) is 4.79 Å². The van der Waals surface area contributed by atoms with Gasteiger partial charge in [-0.2, -0.15) is 0 Å². The van der Waals surface area contributed by atoms with Crippen LogP contribution >= 0.6 is 0 Å². The molecule has 2 heterocycles. The highest BCUT2D eigenvalue weighted by Crippen LogP contribution is 2.42. The lowest BCUT2D eigenvalue weighted by Gasteiger charge is -2.51. The summed E-state index contributed by atoms with van der Waals surface area (Å²) in [4.78, 5) is 13.5. The second-order valence-corrected chi connectivity index (χ2v) is 10.4. The molecule has 3 rings (SSSR count). The maximum atomic E-state index is 13.5. The number of hydrogen-bond acceptors (Lipinski definition) is 8. The van der Waals surface area contributed by atoms with Crippen molar-refractivity contribution < 1.29 is 38.7 Å². The Bertz CT molecular complexity index is 876. The van der Waals surface area contributed by atoms with Crippen LogP contribution in [0.1, 0.15) is 58.1 Å². The zero-order chi connectivity index (χ0) is 27.2. The molecule has 8 heteroatoms. The highest BCUT2D eigenvalue weighted by molar-refractivity contribution is 5.73. The number of fused-ring (bicyclic) bond motifs is 2. The van der Waals surface area contributed by atoms with E-state index in [4.69, 9.17) is 23.7 Å². The van der Waals surface area contributed by atoms with Gasteiger partial charge in [-0.25, -0.2) is 0 Å². The van der Waals surface area contributed by atoms with E-state index in [0.29, 0.717) is 6.42 Å². The number of aliphatic hydroxyl groups is 2. The van der Waals surface area contributed by atoms with Crippen LogP contribution in [0.15, 0.2) is 42.5 Å². The number of ether oxygens (including phenoxy) is 5. The van der Waals surface area contributed by atoms with Crippen LogP contribution in [0.4, 0.5) is 0 Å². The minimum absolute atomic E-state index is 0.149.